The van der Waals surface area contributed by atoms with E-state index in [-0.39, 0.29) is 11.8 Å². The summed E-state index contributed by atoms with van der Waals surface area (Å²) in [7, 11) is 0. The van der Waals surface area contributed by atoms with Crippen LogP contribution in [0.1, 0.15) is 6.42 Å². The predicted molar refractivity (Wildman–Crippen MR) is 70.2 cm³/mol. The van der Waals surface area contributed by atoms with Crippen LogP contribution >= 0.6 is 15.9 Å². The van der Waals surface area contributed by atoms with E-state index in [4.69, 9.17) is 5.73 Å². The first-order valence-corrected chi connectivity index (χ1v) is 6.49. The summed E-state index contributed by atoms with van der Waals surface area (Å²) >= 11 is 3.38. The first-order chi connectivity index (χ1) is 8.67. The summed E-state index contributed by atoms with van der Waals surface area (Å²) in [5, 5.41) is 4.30. The van der Waals surface area contributed by atoms with E-state index in [1.807, 2.05) is 12.1 Å². The maximum absolute atomic E-state index is 11.9. The summed E-state index contributed by atoms with van der Waals surface area (Å²) < 4.78 is 2.59. The zero-order valence-corrected chi connectivity index (χ0v) is 11.2. The second kappa shape index (κ2) is 4.33. The van der Waals surface area contributed by atoms with Gasteiger partial charge in [-0.05, 0) is 24.6 Å². The van der Waals surface area contributed by atoms with Gasteiger partial charge in [0.1, 0.15) is 0 Å². The minimum absolute atomic E-state index is 0.0421. The van der Waals surface area contributed by atoms with Crippen molar-refractivity contribution >= 4 is 33.4 Å². The average Bonchev–Trinajstić information content (AvgIpc) is 2.91. The van der Waals surface area contributed by atoms with Crippen LogP contribution in [-0.2, 0) is 4.79 Å². The van der Waals surface area contributed by atoms with Crippen LogP contribution in [0.2, 0.25) is 0 Å². The van der Waals surface area contributed by atoms with Crippen LogP contribution in [0.5, 0.6) is 0 Å². The van der Waals surface area contributed by atoms with Gasteiger partial charge >= 0.3 is 0 Å². The molecule has 3 heterocycles. The number of carbonyl (C=O) groups is 1. The smallest absolute Gasteiger partial charge is 0.252 e. The van der Waals surface area contributed by atoms with E-state index in [9.17, 15) is 4.79 Å². The fraction of sp³-hybridized carbons (Fsp3) is 0.364. The highest BCUT2D eigenvalue weighted by atomic mass is 79.9. The van der Waals surface area contributed by atoms with Gasteiger partial charge in [0, 0.05) is 23.6 Å². The molecule has 0 aliphatic carbocycles. The highest BCUT2D eigenvalue weighted by Crippen LogP contribution is 2.22. The fourth-order valence-electron chi connectivity index (χ4n) is 2.09. The lowest BCUT2D eigenvalue weighted by Gasteiger charge is -2.10. The lowest BCUT2D eigenvalue weighted by Crippen LogP contribution is -2.26. The number of hydrogen-bond acceptors (Lipinski definition) is 4. The third-order valence-electron chi connectivity index (χ3n) is 3.07. The fourth-order valence-corrected chi connectivity index (χ4v) is 2.42. The highest BCUT2D eigenvalue weighted by Gasteiger charge is 2.32. The van der Waals surface area contributed by atoms with Crippen molar-refractivity contribution < 1.29 is 4.79 Å². The second-order valence-electron chi connectivity index (χ2n) is 4.37. The summed E-state index contributed by atoms with van der Waals surface area (Å²) in [6.07, 6.45) is 2.28. The van der Waals surface area contributed by atoms with Crippen molar-refractivity contribution in [3.63, 3.8) is 0 Å². The largest absolute Gasteiger partial charge is 0.330 e. The Morgan fingerprint density at radius 2 is 2.39 bits per heavy atom. The van der Waals surface area contributed by atoms with Gasteiger partial charge in [0.2, 0.25) is 5.91 Å². The highest BCUT2D eigenvalue weighted by molar-refractivity contribution is 9.10. The van der Waals surface area contributed by atoms with Gasteiger partial charge < -0.3 is 5.73 Å². The Labute approximate surface area is 112 Å². The molecule has 1 fully saturated rings. The van der Waals surface area contributed by atoms with Crippen molar-refractivity contribution in [2.24, 2.45) is 11.7 Å². The Balaban J connectivity index is 1.97. The molecular formula is C11H12BrN5O. The Morgan fingerprint density at radius 3 is 3.11 bits per heavy atom. The molecule has 6 nitrogen and oxygen atoms in total. The molecule has 0 aromatic carbocycles. The maximum Gasteiger partial charge on any atom is 0.252 e. The standard InChI is InChI=1S/C11H12BrN5O/c12-8-1-2-17-9(4-8)14-11(15-17)16-6-7(5-13)3-10(16)18/h1-2,4,7H,3,5-6,13H2. The van der Waals surface area contributed by atoms with Crippen LogP contribution in [-0.4, -0.2) is 33.6 Å². The normalized spacial score (nSPS) is 20.0. The maximum atomic E-state index is 11.9. The number of nitrogens with zero attached hydrogens (tertiary/aromatic N) is 4. The van der Waals surface area contributed by atoms with Crippen LogP contribution in [0.15, 0.2) is 22.8 Å². The van der Waals surface area contributed by atoms with Gasteiger partial charge in [0.15, 0.2) is 5.65 Å². The molecule has 2 N–H and O–H groups in total. The Hall–Kier alpha value is -1.47. The number of halogens is 1. The summed E-state index contributed by atoms with van der Waals surface area (Å²) in [5.41, 5.74) is 6.31. The average molecular weight is 310 g/mol. The van der Waals surface area contributed by atoms with Crippen molar-refractivity contribution in [1.82, 2.24) is 14.6 Å². The number of rotatable bonds is 2. The van der Waals surface area contributed by atoms with E-state index in [0.717, 1.165) is 4.47 Å². The first kappa shape index (κ1) is 11.6. The van der Waals surface area contributed by atoms with E-state index in [1.165, 1.54) is 0 Å². The molecule has 2 aromatic rings. The molecule has 0 saturated carbocycles. The minimum atomic E-state index is 0.0421. The van der Waals surface area contributed by atoms with E-state index >= 15 is 0 Å². The summed E-state index contributed by atoms with van der Waals surface area (Å²) in [4.78, 5) is 17.8. The number of carbonyl (C=O) groups excluding carboxylic acids is 1. The quantitative estimate of drug-likeness (QED) is 0.890. The van der Waals surface area contributed by atoms with Crippen molar-refractivity contribution in [3.8, 4) is 0 Å². The van der Waals surface area contributed by atoms with Gasteiger partial charge in [-0.2, -0.15) is 4.98 Å². The molecule has 1 amide bonds. The zero-order chi connectivity index (χ0) is 12.7. The Morgan fingerprint density at radius 1 is 1.56 bits per heavy atom. The van der Waals surface area contributed by atoms with Crippen LogP contribution in [0.4, 0.5) is 5.95 Å². The number of pyridine rings is 1. The molecule has 1 unspecified atom stereocenters. The summed E-state index contributed by atoms with van der Waals surface area (Å²) in [5.74, 6) is 0.699. The number of amides is 1. The lowest BCUT2D eigenvalue weighted by molar-refractivity contribution is -0.117. The molecule has 2 aromatic heterocycles. The van der Waals surface area contributed by atoms with Gasteiger partial charge in [0.25, 0.3) is 5.95 Å². The lowest BCUT2D eigenvalue weighted by atomic mass is 10.1. The molecule has 3 rings (SSSR count). The monoisotopic (exact) mass is 309 g/mol. The van der Waals surface area contributed by atoms with Gasteiger partial charge in [-0.1, -0.05) is 15.9 Å². The molecule has 1 saturated heterocycles. The molecule has 1 atom stereocenters. The van der Waals surface area contributed by atoms with Crippen LogP contribution in [0, 0.1) is 5.92 Å². The molecule has 0 radical (unpaired) electrons. The predicted octanol–water partition coefficient (Wildman–Crippen LogP) is 0.803. The summed E-state index contributed by atoms with van der Waals surface area (Å²) in [6, 6.07) is 3.73. The van der Waals surface area contributed by atoms with Crippen molar-refractivity contribution in [1.29, 1.82) is 0 Å². The number of fused-ring (bicyclic) bond motifs is 1. The Kier molecular flexibility index (Phi) is 2.79. The third kappa shape index (κ3) is 1.89. The van der Waals surface area contributed by atoms with E-state index < -0.39 is 0 Å². The zero-order valence-electron chi connectivity index (χ0n) is 9.58. The minimum Gasteiger partial charge on any atom is -0.330 e. The molecule has 0 bridgehead atoms. The van der Waals surface area contributed by atoms with E-state index in [1.54, 1.807) is 15.6 Å². The van der Waals surface area contributed by atoms with Crippen LogP contribution in [0.3, 0.4) is 0 Å². The summed E-state index contributed by atoms with van der Waals surface area (Å²) in [6.45, 7) is 1.12. The van der Waals surface area contributed by atoms with Crippen LogP contribution in [0.25, 0.3) is 5.65 Å². The van der Waals surface area contributed by atoms with Crippen molar-refractivity contribution in [2.45, 2.75) is 6.42 Å². The molecule has 94 valence electrons. The van der Waals surface area contributed by atoms with E-state index in [2.05, 4.69) is 26.0 Å². The molecule has 7 heteroatoms. The van der Waals surface area contributed by atoms with E-state index in [0.29, 0.717) is 31.1 Å². The van der Waals surface area contributed by atoms with Gasteiger partial charge in [-0.25, -0.2) is 4.52 Å². The number of nitrogens with two attached hydrogens (primary N) is 1. The number of aromatic nitrogens is 3. The number of hydrogen-bond donors (Lipinski definition) is 1. The van der Waals surface area contributed by atoms with Gasteiger partial charge in [-0.3, -0.25) is 9.69 Å². The SMILES string of the molecule is NCC1CC(=O)N(c2nc3cc(Br)ccn3n2)C1. The molecule has 1 aliphatic rings. The van der Waals surface area contributed by atoms with Crippen molar-refractivity contribution in [3.05, 3.63) is 22.8 Å². The third-order valence-corrected chi connectivity index (χ3v) is 3.56. The molecular weight excluding hydrogens is 298 g/mol. The van der Waals surface area contributed by atoms with Crippen molar-refractivity contribution in [2.75, 3.05) is 18.0 Å². The molecule has 1 aliphatic heterocycles. The van der Waals surface area contributed by atoms with Crippen LogP contribution < -0.4 is 10.6 Å². The Bertz CT molecular complexity index is 610. The van der Waals surface area contributed by atoms with Gasteiger partial charge in [0.05, 0.1) is 0 Å². The molecule has 0 spiro atoms. The number of anilines is 1. The van der Waals surface area contributed by atoms with Gasteiger partial charge in [-0.15, -0.1) is 5.10 Å². The second-order valence-corrected chi connectivity index (χ2v) is 5.29. The topological polar surface area (TPSA) is 76.5 Å². The first-order valence-electron chi connectivity index (χ1n) is 5.70. The molecule has 18 heavy (non-hydrogen) atoms.